The standard InChI is InChI=1S/C14H19F2N3O.ClH/c1-10-7-17-2-3-19(10)9-14(20)18-8-11-4-12(15)6-13(16)5-11;/h4-6,10,17H,2-3,7-9H2,1H3,(H,18,20);1H/t10-;/m0./s1. The number of benzene rings is 1. The predicted molar refractivity (Wildman–Crippen MR) is 79.4 cm³/mol. The van der Waals surface area contributed by atoms with Crippen molar-refractivity contribution in [2.24, 2.45) is 0 Å². The van der Waals surface area contributed by atoms with E-state index in [9.17, 15) is 13.6 Å². The molecule has 0 aromatic heterocycles. The average Bonchev–Trinajstić information content (AvgIpc) is 2.38. The third-order valence-corrected chi connectivity index (χ3v) is 3.40. The Bertz CT molecular complexity index is 467. The van der Waals surface area contributed by atoms with E-state index in [4.69, 9.17) is 0 Å². The normalized spacial score (nSPS) is 18.9. The first kappa shape index (κ1) is 17.8. The first-order chi connectivity index (χ1) is 9.54. The second kappa shape index (κ2) is 8.26. The average molecular weight is 320 g/mol. The van der Waals surface area contributed by atoms with Gasteiger partial charge in [-0.25, -0.2) is 8.78 Å². The number of nitrogens with zero attached hydrogens (tertiary/aromatic N) is 1. The van der Waals surface area contributed by atoms with Gasteiger partial charge in [-0.1, -0.05) is 0 Å². The molecule has 0 bridgehead atoms. The number of piperazine rings is 1. The van der Waals surface area contributed by atoms with E-state index in [2.05, 4.69) is 22.5 Å². The van der Waals surface area contributed by atoms with Crippen molar-refractivity contribution in [1.29, 1.82) is 0 Å². The molecule has 1 fully saturated rings. The summed E-state index contributed by atoms with van der Waals surface area (Å²) in [4.78, 5) is 13.9. The van der Waals surface area contributed by atoms with Crippen molar-refractivity contribution in [1.82, 2.24) is 15.5 Å². The molecule has 2 N–H and O–H groups in total. The molecule has 0 spiro atoms. The Hall–Kier alpha value is -1.24. The minimum absolute atomic E-state index is 0. The van der Waals surface area contributed by atoms with Crippen molar-refractivity contribution < 1.29 is 13.6 Å². The van der Waals surface area contributed by atoms with Crippen molar-refractivity contribution in [2.45, 2.75) is 19.5 Å². The number of amides is 1. The lowest BCUT2D eigenvalue weighted by Crippen LogP contribution is -2.52. The first-order valence-electron chi connectivity index (χ1n) is 6.71. The van der Waals surface area contributed by atoms with Gasteiger partial charge >= 0.3 is 0 Å². The second-order valence-corrected chi connectivity index (χ2v) is 5.08. The zero-order valence-electron chi connectivity index (χ0n) is 11.9. The van der Waals surface area contributed by atoms with E-state index in [0.29, 0.717) is 18.2 Å². The summed E-state index contributed by atoms with van der Waals surface area (Å²) in [6.07, 6.45) is 0. The maximum Gasteiger partial charge on any atom is 0.234 e. The summed E-state index contributed by atoms with van der Waals surface area (Å²) in [5, 5.41) is 5.94. The van der Waals surface area contributed by atoms with E-state index in [1.165, 1.54) is 12.1 Å². The number of hydrogen-bond acceptors (Lipinski definition) is 3. The second-order valence-electron chi connectivity index (χ2n) is 5.08. The van der Waals surface area contributed by atoms with Crippen molar-refractivity contribution in [3.05, 3.63) is 35.4 Å². The summed E-state index contributed by atoms with van der Waals surface area (Å²) in [5.74, 6) is -1.40. The number of nitrogens with one attached hydrogen (secondary N) is 2. The molecular weight excluding hydrogens is 300 g/mol. The molecule has 4 nitrogen and oxygen atoms in total. The number of carbonyl (C=O) groups is 1. The topological polar surface area (TPSA) is 44.4 Å². The van der Waals surface area contributed by atoms with Gasteiger partial charge in [0, 0.05) is 38.3 Å². The molecule has 1 aromatic carbocycles. The quantitative estimate of drug-likeness (QED) is 0.879. The number of hydrogen-bond donors (Lipinski definition) is 2. The van der Waals surface area contributed by atoms with Crippen molar-refractivity contribution >= 4 is 18.3 Å². The summed E-state index contributed by atoms with van der Waals surface area (Å²) < 4.78 is 26.0. The molecule has 0 radical (unpaired) electrons. The monoisotopic (exact) mass is 319 g/mol. The van der Waals surface area contributed by atoms with E-state index in [1.54, 1.807) is 0 Å². The van der Waals surface area contributed by atoms with Gasteiger partial charge in [0.1, 0.15) is 11.6 Å². The van der Waals surface area contributed by atoms with Crippen molar-refractivity contribution in [3.63, 3.8) is 0 Å². The maximum atomic E-state index is 13.0. The molecule has 1 aromatic rings. The molecular formula is C14H20ClF2N3O. The Kier molecular flexibility index (Phi) is 7.01. The molecule has 1 atom stereocenters. The van der Waals surface area contributed by atoms with Crippen LogP contribution >= 0.6 is 12.4 Å². The van der Waals surface area contributed by atoms with Crippen LogP contribution in [0.1, 0.15) is 12.5 Å². The van der Waals surface area contributed by atoms with Gasteiger partial charge in [0.15, 0.2) is 0 Å². The summed E-state index contributed by atoms with van der Waals surface area (Å²) in [6, 6.07) is 3.56. The minimum atomic E-state index is -0.634. The summed E-state index contributed by atoms with van der Waals surface area (Å²) in [5.41, 5.74) is 0.421. The molecule has 118 valence electrons. The number of halogens is 3. The maximum absolute atomic E-state index is 13.0. The lowest BCUT2D eigenvalue weighted by atomic mass is 10.2. The van der Waals surface area contributed by atoms with Crippen LogP contribution in [0.15, 0.2) is 18.2 Å². The Labute approximate surface area is 129 Å². The summed E-state index contributed by atoms with van der Waals surface area (Å²) in [6.45, 7) is 5.05. The van der Waals surface area contributed by atoms with Crippen LogP contribution in [0, 0.1) is 11.6 Å². The number of rotatable bonds is 4. The highest BCUT2D eigenvalue weighted by atomic mass is 35.5. The van der Waals surface area contributed by atoms with Crippen molar-refractivity contribution in [3.8, 4) is 0 Å². The lowest BCUT2D eigenvalue weighted by molar-refractivity contribution is -0.123. The molecule has 0 unspecified atom stereocenters. The van der Waals surface area contributed by atoms with Gasteiger partial charge in [-0.05, 0) is 24.6 Å². The van der Waals surface area contributed by atoms with Crippen LogP contribution in [0.4, 0.5) is 8.78 Å². The molecule has 21 heavy (non-hydrogen) atoms. The fourth-order valence-corrected chi connectivity index (χ4v) is 2.27. The molecule has 1 aliphatic heterocycles. The molecule has 1 heterocycles. The molecule has 1 amide bonds. The van der Waals surface area contributed by atoms with Gasteiger partial charge in [-0.3, -0.25) is 9.69 Å². The third-order valence-electron chi connectivity index (χ3n) is 3.40. The highest BCUT2D eigenvalue weighted by molar-refractivity contribution is 5.85. The SMILES string of the molecule is C[C@H]1CNCCN1CC(=O)NCc1cc(F)cc(F)c1.Cl. The zero-order valence-corrected chi connectivity index (χ0v) is 12.7. The highest BCUT2D eigenvalue weighted by Gasteiger charge is 2.19. The summed E-state index contributed by atoms with van der Waals surface area (Å²) in [7, 11) is 0. The Morgan fingerprint density at radius 3 is 2.67 bits per heavy atom. The van der Waals surface area contributed by atoms with Crippen LogP contribution in [0.5, 0.6) is 0 Å². The molecule has 7 heteroatoms. The Morgan fingerprint density at radius 2 is 2.05 bits per heavy atom. The largest absolute Gasteiger partial charge is 0.351 e. The van der Waals surface area contributed by atoms with Gasteiger partial charge < -0.3 is 10.6 Å². The smallest absolute Gasteiger partial charge is 0.234 e. The van der Waals surface area contributed by atoms with Crippen LogP contribution in [0.2, 0.25) is 0 Å². The van der Waals surface area contributed by atoms with Crippen molar-refractivity contribution in [2.75, 3.05) is 26.2 Å². The van der Waals surface area contributed by atoms with E-state index < -0.39 is 11.6 Å². The Balaban J connectivity index is 0.00000220. The first-order valence-corrected chi connectivity index (χ1v) is 6.71. The lowest BCUT2D eigenvalue weighted by Gasteiger charge is -2.33. The molecule has 2 rings (SSSR count). The van der Waals surface area contributed by atoms with Gasteiger partial charge in [-0.15, -0.1) is 12.4 Å². The fourth-order valence-electron chi connectivity index (χ4n) is 2.27. The molecule has 0 saturated carbocycles. The van der Waals surface area contributed by atoms with E-state index >= 15 is 0 Å². The minimum Gasteiger partial charge on any atom is -0.351 e. The van der Waals surface area contributed by atoms with Gasteiger partial charge in [0.25, 0.3) is 0 Å². The number of carbonyl (C=O) groups excluding carboxylic acids is 1. The van der Waals surface area contributed by atoms with E-state index in [-0.39, 0.29) is 24.9 Å². The fraction of sp³-hybridized carbons (Fsp3) is 0.500. The van der Waals surface area contributed by atoms with E-state index in [0.717, 1.165) is 25.7 Å². The van der Waals surface area contributed by atoms with Crippen LogP contribution < -0.4 is 10.6 Å². The Morgan fingerprint density at radius 1 is 1.38 bits per heavy atom. The van der Waals surface area contributed by atoms with Crippen LogP contribution in [0.3, 0.4) is 0 Å². The zero-order chi connectivity index (χ0) is 14.5. The van der Waals surface area contributed by atoms with Gasteiger partial charge in [0.05, 0.1) is 6.54 Å². The van der Waals surface area contributed by atoms with Gasteiger partial charge in [0.2, 0.25) is 5.91 Å². The van der Waals surface area contributed by atoms with Crippen LogP contribution in [-0.2, 0) is 11.3 Å². The van der Waals surface area contributed by atoms with Crippen LogP contribution in [0.25, 0.3) is 0 Å². The predicted octanol–water partition coefficient (Wildman–Crippen LogP) is 1.30. The molecule has 1 aliphatic rings. The molecule has 1 saturated heterocycles. The third kappa shape index (κ3) is 5.57. The van der Waals surface area contributed by atoms with E-state index in [1.807, 2.05) is 0 Å². The van der Waals surface area contributed by atoms with Crippen LogP contribution in [-0.4, -0.2) is 43.0 Å². The molecule has 0 aliphatic carbocycles. The highest BCUT2D eigenvalue weighted by Crippen LogP contribution is 2.07. The van der Waals surface area contributed by atoms with Gasteiger partial charge in [-0.2, -0.15) is 0 Å². The summed E-state index contributed by atoms with van der Waals surface area (Å²) >= 11 is 0.